The van der Waals surface area contributed by atoms with E-state index in [9.17, 15) is 5.11 Å². The lowest BCUT2D eigenvalue weighted by atomic mass is 9.91. The highest BCUT2D eigenvalue weighted by molar-refractivity contribution is 4.85. The second-order valence-corrected chi connectivity index (χ2v) is 6.75. The number of aliphatic hydroxyl groups is 1. The molecule has 3 heteroatoms. The molecule has 0 aliphatic rings. The fourth-order valence-corrected chi connectivity index (χ4v) is 2.02. The molecule has 116 valence electrons. The van der Waals surface area contributed by atoms with Gasteiger partial charge in [0.15, 0.2) is 0 Å². The average molecular weight is 273 g/mol. The Hall–Kier alpha value is -0.120. The molecule has 0 aromatic heterocycles. The Kier molecular flexibility index (Phi) is 9.67. The maximum absolute atomic E-state index is 9.61. The first kappa shape index (κ1) is 18.9. The number of ether oxygens (including phenoxy) is 1. The van der Waals surface area contributed by atoms with Crippen LogP contribution in [0.2, 0.25) is 0 Å². The Bertz CT molecular complexity index is 207. The maximum atomic E-state index is 9.61. The van der Waals surface area contributed by atoms with Gasteiger partial charge in [-0.25, -0.2) is 0 Å². The highest BCUT2D eigenvalue weighted by Gasteiger charge is 2.25. The van der Waals surface area contributed by atoms with E-state index in [0.29, 0.717) is 5.41 Å². The number of aliphatic hydroxyl groups excluding tert-OH is 1. The largest absolute Gasteiger partial charge is 0.394 e. The molecule has 1 atom stereocenters. The average Bonchev–Trinajstić information content (AvgIpc) is 2.36. The first-order chi connectivity index (χ1) is 8.89. The molecule has 1 unspecified atom stereocenters. The van der Waals surface area contributed by atoms with Crippen LogP contribution in [0.15, 0.2) is 0 Å². The van der Waals surface area contributed by atoms with Gasteiger partial charge in [-0.3, -0.25) is 0 Å². The lowest BCUT2D eigenvalue weighted by Gasteiger charge is -2.32. The summed E-state index contributed by atoms with van der Waals surface area (Å²) in [5.41, 5.74) is 0.240. The van der Waals surface area contributed by atoms with Gasteiger partial charge in [0.2, 0.25) is 0 Å². The van der Waals surface area contributed by atoms with Crippen LogP contribution < -0.4 is 5.32 Å². The van der Waals surface area contributed by atoms with Gasteiger partial charge in [0.1, 0.15) is 0 Å². The highest BCUT2D eigenvalue weighted by Crippen LogP contribution is 2.19. The molecule has 0 bridgehead atoms. The third kappa shape index (κ3) is 9.42. The van der Waals surface area contributed by atoms with Crippen LogP contribution in [0.5, 0.6) is 0 Å². The topological polar surface area (TPSA) is 41.5 Å². The summed E-state index contributed by atoms with van der Waals surface area (Å²) in [5, 5.41) is 13.1. The number of hydrogen-bond donors (Lipinski definition) is 2. The molecule has 19 heavy (non-hydrogen) atoms. The van der Waals surface area contributed by atoms with Crippen molar-refractivity contribution in [3.05, 3.63) is 0 Å². The van der Waals surface area contributed by atoms with Crippen molar-refractivity contribution in [3.8, 4) is 0 Å². The number of rotatable bonds is 11. The third-order valence-electron chi connectivity index (χ3n) is 3.67. The quantitative estimate of drug-likeness (QED) is 0.567. The summed E-state index contributed by atoms with van der Waals surface area (Å²) in [5.74, 6) is 0. The lowest BCUT2D eigenvalue weighted by Crippen LogP contribution is -2.48. The van der Waals surface area contributed by atoms with E-state index in [2.05, 4.69) is 39.9 Å². The minimum Gasteiger partial charge on any atom is -0.394 e. The van der Waals surface area contributed by atoms with E-state index in [1.54, 1.807) is 0 Å². The second-order valence-electron chi connectivity index (χ2n) is 6.75. The SMILES string of the molecule is CCCNC(CC)(CO)CCCOCCC(C)(C)C. The van der Waals surface area contributed by atoms with E-state index in [4.69, 9.17) is 4.74 Å². The fourth-order valence-electron chi connectivity index (χ4n) is 2.02. The molecule has 0 aliphatic heterocycles. The van der Waals surface area contributed by atoms with Gasteiger partial charge in [0.05, 0.1) is 6.61 Å². The third-order valence-corrected chi connectivity index (χ3v) is 3.67. The molecule has 0 amide bonds. The summed E-state index contributed by atoms with van der Waals surface area (Å²) in [6, 6.07) is 0. The van der Waals surface area contributed by atoms with E-state index < -0.39 is 0 Å². The molecule has 0 rings (SSSR count). The second kappa shape index (κ2) is 9.73. The fraction of sp³-hybridized carbons (Fsp3) is 1.00. The Morgan fingerprint density at radius 1 is 1.05 bits per heavy atom. The molecular weight excluding hydrogens is 238 g/mol. The molecule has 0 spiro atoms. The van der Waals surface area contributed by atoms with E-state index in [0.717, 1.165) is 51.9 Å². The van der Waals surface area contributed by atoms with Crippen molar-refractivity contribution in [2.24, 2.45) is 5.41 Å². The first-order valence-electron chi connectivity index (χ1n) is 7.83. The van der Waals surface area contributed by atoms with Crippen LogP contribution in [-0.4, -0.2) is 37.0 Å². The first-order valence-corrected chi connectivity index (χ1v) is 7.83. The molecule has 0 heterocycles. The van der Waals surface area contributed by atoms with Crippen LogP contribution >= 0.6 is 0 Å². The standard InChI is InChI=1S/C16H35NO2/c1-6-11-17-16(7-2,14-18)9-8-12-19-13-10-15(3,4)5/h17-18H,6-14H2,1-5H3. The molecule has 0 aromatic carbocycles. The maximum Gasteiger partial charge on any atom is 0.0613 e. The molecule has 0 radical (unpaired) electrons. The molecular formula is C16H35NO2. The smallest absolute Gasteiger partial charge is 0.0613 e. The van der Waals surface area contributed by atoms with Gasteiger partial charge in [-0.1, -0.05) is 34.6 Å². The zero-order valence-corrected chi connectivity index (χ0v) is 13.7. The van der Waals surface area contributed by atoms with Gasteiger partial charge in [-0.2, -0.15) is 0 Å². The van der Waals surface area contributed by atoms with Crippen LogP contribution in [0.3, 0.4) is 0 Å². The molecule has 3 nitrogen and oxygen atoms in total. The van der Waals surface area contributed by atoms with E-state index in [-0.39, 0.29) is 12.1 Å². The van der Waals surface area contributed by atoms with Crippen molar-refractivity contribution in [1.82, 2.24) is 5.32 Å². The summed E-state index contributed by atoms with van der Waals surface area (Å²) in [4.78, 5) is 0. The van der Waals surface area contributed by atoms with Gasteiger partial charge in [0, 0.05) is 18.8 Å². The van der Waals surface area contributed by atoms with Crippen molar-refractivity contribution in [2.45, 2.75) is 72.3 Å². The summed E-state index contributed by atoms with van der Waals surface area (Å²) in [7, 11) is 0. The predicted molar refractivity (Wildman–Crippen MR) is 82.5 cm³/mol. The Balaban J connectivity index is 3.81. The van der Waals surface area contributed by atoms with Crippen LogP contribution in [0.25, 0.3) is 0 Å². The van der Waals surface area contributed by atoms with E-state index >= 15 is 0 Å². The predicted octanol–water partition coefficient (Wildman–Crippen LogP) is 3.36. The molecule has 0 saturated heterocycles. The van der Waals surface area contributed by atoms with Crippen molar-refractivity contribution < 1.29 is 9.84 Å². The molecule has 0 fully saturated rings. The summed E-state index contributed by atoms with van der Waals surface area (Å²) in [6.07, 6.45) is 5.15. The lowest BCUT2D eigenvalue weighted by molar-refractivity contribution is 0.0881. The van der Waals surface area contributed by atoms with Crippen LogP contribution in [0, 0.1) is 5.41 Å². The summed E-state index contributed by atoms with van der Waals surface area (Å²) >= 11 is 0. The molecule has 0 aliphatic carbocycles. The normalized spacial score (nSPS) is 15.5. The van der Waals surface area contributed by atoms with Gasteiger partial charge in [0.25, 0.3) is 0 Å². The minimum atomic E-state index is -0.108. The molecule has 2 N–H and O–H groups in total. The van der Waals surface area contributed by atoms with Crippen molar-refractivity contribution in [1.29, 1.82) is 0 Å². The number of hydrogen-bond acceptors (Lipinski definition) is 3. The Morgan fingerprint density at radius 2 is 1.74 bits per heavy atom. The van der Waals surface area contributed by atoms with Gasteiger partial charge in [-0.15, -0.1) is 0 Å². The van der Waals surface area contributed by atoms with Crippen LogP contribution in [-0.2, 0) is 4.74 Å². The van der Waals surface area contributed by atoms with E-state index in [1.807, 2.05) is 0 Å². The van der Waals surface area contributed by atoms with Crippen molar-refractivity contribution in [3.63, 3.8) is 0 Å². The molecule has 0 saturated carbocycles. The highest BCUT2D eigenvalue weighted by atomic mass is 16.5. The zero-order valence-electron chi connectivity index (χ0n) is 13.7. The van der Waals surface area contributed by atoms with Crippen molar-refractivity contribution in [2.75, 3.05) is 26.4 Å². The van der Waals surface area contributed by atoms with Crippen LogP contribution in [0.1, 0.15) is 66.7 Å². The Labute approximate surface area is 120 Å². The van der Waals surface area contributed by atoms with Crippen molar-refractivity contribution >= 4 is 0 Å². The summed E-state index contributed by atoms with van der Waals surface area (Å²) < 4.78 is 5.69. The minimum absolute atomic E-state index is 0.108. The zero-order chi connectivity index (χ0) is 14.8. The van der Waals surface area contributed by atoms with Gasteiger partial charge >= 0.3 is 0 Å². The molecule has 0 aromatic rings. The number of nitrogens with one attached hydrogen (secondary N) is 1. The van der Waals surface area contributed by atoms with E-state index in [1.165, 1.54) is 0 Å². The van der Waals surface area contributed by atoms with Crippen LogP contribution in [0.4, 0.5) is 0 Å². The summed E-state index contributed by atoms with van der Waals surface area (Å²) in [6.45, 7) is 13.8. The Morgan fingerprint density at radius 3 is 2.21 bits per heavy atom. The van der Waals surface area contributed by atoms with Gasteiger partial charge < -0.3 is 15.2 Å². The van der Waals surface area contributed by atoms with Gasteiger partial charge in [-0.05, 0) is 44.1 Å². The monoisotopic (exact) mass is 273 g/mol.